The van der Waals surface area contributed by atoms with Gasteiger partial charge in [0.25, 0.3) is 0 Å². The monoisotopic (exact) mass is 336 g/mol. The van der Waals surface area contributed by atoms with Gasteiger partial charge in [0.05, 0.1) is 6.42 Å². The third kappa shape index (κ3) is 4.40. The SMILES string of the molecule is O=C(O)Cc1ccccc1Sc1ccc(Oc2ccccc2)cc1. The summed E-state index contributed by atoms with van der Waals surface area (Å²) >= 11 is 1.55. The minimum atomic E-state index is -0.824. The molecule has 0 saturated carbocycles. The fraction of sp³-hybridized carbons (Fsp3) is 0.0500. The van der Waals surface area contributed by atoms with E-state index in [1.807, 2.05) is 78.9 Å². The lowest BCUT2D eigenvalue weighted by atomic mass is 10.1. The van der Waals surface area contributed by atoms with Crippen LogP contribution in [0.1, 0.15) is 5.56 Å². The summed E-state index contributed by atoms with van der Waals surface area (Å²) in [7, 11) is 0. The second kappa shape index (κ2) is 7.70. The molecule has 0 radical (unpaired) electrons. The lowest BCUT2D eigenvalue weighted by Gasteiger charge is -2.09. The molecule has 0 aliphatic rings. The lowest BCUT2D eigenvalue weighted by molar-refractivity contribution is -0.136. The highest BCUT2D eigenvalue weighted by atomic mass is 32.2. The van der Waals surface area contributed by atoms with Gasteiger partial charge in [0.1, 0.15) is 11.5 Å². The van der Waals surface area contributed by atoms with Gasteiger partial charge < -0.3 is 9.84 Å². The average molecular weight is 336 g/mol. The maximum absolute atomic E-state index is 11.0. The zero-order valence-corrected chi connectivity index (χ0v) is 13.7. The van der Waals surface area contributed by atoms with Crippen LogP contribution in [0.4, 0.5) is 0 Å². The molecule has 0 aliphatic heterocycles. The second-order valence-corrected chi connectivity index (χ2v) is 6.28. The van der Waals surface area contributed by atoms with E-state index in [1.54, 1.807) is 11.8 Å². The topological polar surface area (TPSA) is 46.5 Å². The predicted molar refractivity (Wildman–Crippen MR) is 94.9 cm³/mol. The molecule has 3 aromatic carbocycles. The molecule has 1 N–H and O–H groups in total. The van der Waals surface area contributed by atoms with Crippen molar-refractivity contribution in [3.05, 3.63) is 84.4 Å². The van der Waals surface area contributed by atoms with Gasteiger partial charge in [0, 0.05) is 9.79 Å². The number of ether oxygens (including phenoxy) is 1. The highest BCUT2D eigenvalue weighted by Crippen LogP contribution is 2.32. The molecule has 0 saturated heterocycles. The van der Waals surface area contributed by atoms with Crippen LogP contribution in [0.5, 0.6) is 11.5 Å². The minimum Gasteiger partial charge on any atom is -0.481 e. The normalized spacial score (nSPS) is 10.3. The van der Waals surface area contributed by atoms with Gasteiger partial charge in [0.15, 0.2) is 0 Å². The van der Waals surface area contributed by atoms with Crippen LogP contribution in [-0.4, -0.2) is 11.1 Å². The third-order valence-corrected chi connectivity index (χ3v) is 4.47. The van der Waals surface area contributed by atoms with Gasteiger partial charge in [-0.05, 0) is 48.0 Å². The third-order valence-electron chi connectivity index (χ3n) is 3.34. The van der Waals surface area contributed by atoms with Gasteiger partial charge in [-0.2, -0.15) is 0 Å². The van der Waals surface area contributed by atoms with Crippen LogP contribution in [0.2, 0.25) is 0 Å². The van der Waals surface area contributed by atoms with E-state index >= 15 is 0 Å². The molecule has 0 atom stereocenters. The van der Waals surface area contributed by atoms with Crippen molar-refractivity contribution in [2.75, 3.05) is 0 Å². The minimum absolute atomic E-state index is 0.0262. The number of benzene rings is 3. The van der Waals surface area contributed by atoms with E-state index < -0.39 is 5.97 Å². The average Bonchev–Trinajstić information content (AvgIpc) is 2.59. The van der Waals surface area contributed by atoms with Crippen molar-refractivity contribution in [3.63, 3.8) is 0 Å². The molecule has 120 valence electrons. The van der Waals surface area contributed by atoms with Crippen LogP contribution >= 0.6 is 11.8 Å². The first-order valence-corrected chi connectivity index (χ1v) is 8.33. The smallest absolute Gasteiger partial charge is 0.307 e. The molecule has 0 aliphatic carbocycles. The quantitative estimate of drug-likeness (QED) is 0.667. The highest BCUT2D eigenvalue weighted by Gasteiger charge is 2.08. The van der Waals surface area contributed by atoms with E-state index in [1.165, 1.54) is 0 Å². The number of para-hydroxylation sites is 1. The molecule has 0 spiro atoms. The van der Waals surface area contributed by atoms with Crippen LogP contribution in [0.25, 0.3) is 0 Å². The lowest BCUT2D eigenvalue weighted by Crippen LogP contribution is -2.01. The van der Waals surface area contributed by atoms with Crippen molar-refractivity contribution in [2.45, 2.75) is 16.2 Å². The van der Waals surface area contributed by atoms with Crippen LogP contribution in [-0.2, 0) is 11.2 Å². The van der Waals surface area contributed by atoms with Gasteiger partial charge in [0.2, 0.25) is 0 Å². The van der Waals surface area contributed by atoms with Crippen LogP contribution < -0.4 is 4.74 Å². The van der Waals surface area contributed by atoms with Crippen molar-refractivity contribution in [1.29, 1.82) is 0 Å². The Morgan fingerprint density at radius 1 is 0.833 bits per heavy atom. The van der Waals surface area contributed by atoms with Crippen molar-refractivity contribution < 1.29 is 14.6 Å². The second-order valence-electron chi connectivity index (χ2n) is 5.17. The molecule has 0 fully saturated rings. The molecule has 3 nitrogen and oxygen atoms in total. The number of aliphatic carboxylic acids is 1. The maximum atomic E-state index is 11.0. The van der Waals surface area contributed by atoms with Gasteiger partial charge in [-0.3, -0.25) is 4.79 Å². The van der Waals surface area contributed by atoms with Crippen LogP contribution in [0, 0.1) is 0 Å². The molecule has 4 heteroatoms. The Morgan fingerprint density at radius 2 is 1.46 bits per heavy atom. The Hall–Kier alpha value is -2.72. The summed E-state index contributed by atoms with van der Waals surface area (Å²) in [4.78, 5) is 13.0. The van der Waals surface area contributed by atoms with Gasteiger partial charge >= 0.3 is 5.97 Å². The van der Waals surface area contributed by atoms with Crippen LogP contribution in [0.3, 0.4) is 0 Å². The summed E-state index contributed by atoms with van der Waals surface area (Å²) in [5.41, 5.74) is 0.819. The summed E-state index contributed by atoms with van der Waals surface area (Å²) in [5.74, 6) is 0.740. The number of rotatable bonds is 6. The molecular formula is C20H16O3S. The molecule has 0 amide bonds. The predicted octanol–water partition coefficient (Wildman–Crippen LogP) is 5.26. The summed E-state index contributed by atoms with van der Waals surface area (Å²) in [6.07, 6.45) is 0.0262. The fourth-order valence-corrected chi connectivity index (χ4v) is 3.18. The van der Waals surface area contributed by atoms with Gasteiger partial charge in [-0.25, -0.2) is 0 Å². The molecule has 0 heterocycles. The van der Waals surface area contributed by atoms with E-state index in [-0.39, 0.29) is 6.42 Å². The standard InChI is InChI=1S/C20H16O3S/c21-20(22)14-15-6-4-5-9-19(15)24-18-12-10-17(11-13-18)23-16-7-2-1-3-8-16/h1-13H,14H2,(H,21,22). The summed E-state index contributed by atoms with van der Waals surface area (Å²) in [5, 5.41) is 9.01. The van der Waals surface area contributed by atoms with Crippen molar-refractivity contribution in [1.82, 2.24) is 0 Å². The van der Waals surface area contributed by atoms with E-state index in [0.717, 1.165) is 26.9 Å². The first kappa shape index (κ1) is 16.1. The molecule has 3 aromatic rings. The number of carboxylic acids is 1. The number of carbonyl (C=O) groups is 1. The van der Waals surface area contributed by atoms with Crippen molar-refractivity contribution >= 4 is 17.7 Å². The summed E-state index contributed by atoms with van der Waals surface area (Å²) in [6, 6.07) is 25.0. The van der Waals surface area contributed by atoms with Crippen LogP contribution in [0.15, 0.2) is 88.7 Å². The molecule has 24 heavy (non-hydrogen) atoms. The van der Waals surface area contributed by atoms with Gasteiger partial charge in [-0.1, -0.05) is 48.2 Å². The zero-order chi connectivity index (χ0) is 16.8. The highest BCUT2D eigenvalue weighted by molar-refractivity contribution is 7.99. The molecule has 0 unspecified atom stereocenters. The first-order chi connectivity index (χ1) is 11.7. The largest absolute Gasteiger partial charge is 0.481 e. The maximum Gasteiger partial charge on any atom is 0.307 e. The number of hydrogen-bond donors (Lipinski definition) is 1. The van der Waals surface area contributed by atoms with E-state index in [9.17, 15) is 4.79 Å². The zero-order valence-electron chi connectivity index (χ0n) is 12.9. The Kier molecular flexibility index (Phi) is 5.18. The molecule has 0 bridgehead atoms. The van der Waals surface area contributed by atoms with E-state index in [0.29, 0.717) is 0 Å². The molecular weight excluding hydrogens is 320 g/mol. The van der Waals surface area contributed by atoms with E-state index in [4.69, 9.17) is 9.84 Å². The van der Waals surface area contributed by atoms with E-state index in [2.05, 4.69) is 0 Å². The summed E-state index contributed by atoms with van der Waals surface area (Å²) < 4.78 is 5.77. The Morgan fingerprint density at radius 3 is 2.17 bits per heavy atom. The Labute approximate surface area is 144 Å². The summed E-state index contributed by atoms with van der Waals surface area (Å²) in [6.45, 7) is 0. The van der Waals surface area contributed by atoms with Crippen molar-refractivity contribution in [2.24, 2.45) is 0 Å². The number of carboxylic acid groups (broad SMARTS) is 1. The van der Waals surface area contributed by atoms with Gasteiger partial charge in [-0.15, -0.1) is 0 Å². The molecule has 0 aromatic heterocycles. The first-order valence-electron chi connectivity index (χ1n) is 7.51. The fourth-order valence-electron chi connectivity index (χ4n) is 2.24. The van der Waals surface area contributed by atoms with Crippen molar-refractivity contribution in [3.8, 4) is 11.5 Å². The Balaban J connectivity index is 1.72. The number of hydrogen-bond acceptors (Lipinski definition) is 3. The molecule has 3 rings (SSSR count). The Bertz CT molecular complexity index is 814.